The normalized spacial score (nSPS) is 16.2. The van der Waals surface area contributed by atoms with Crippen LogP contribution in [0.25, 0.3) is 16.9 Å². The van der Waals surface area contributed by atoms with Gasteiger partial charge in [-0.05, 0) is 51.0 Å². The van der Waals surface area contributed by atoms with E-state index < -0.39 is 0 Å². The molecule has 3 aromatic rings. The number of imidazole rings is 1. The van der Waals surface area contributed by atoms with Gasteiger partial charge in [-0.3, -0.25) is 0 Å². The summed E-state index contributed by atoms with van der Waals surface area (Å²) in [6, 6.07) is 7.76. The molecular formula is C22H28N6O3. The van der Waals surface area contributed by atoms with Gasteiger partial charge in [0.05, 0.1) is 36.7 Å². The molecule has 0 saturated carbocycles. The third-order valence-electron chi connectivity index (χ3n) is 5.41. The lowest BCUT2D eigenvalue weighted by atomic mass is 10.2. The van der Waals surface area contributed by atoms with Gasteiger partial charge in [-0.25, -0.2) is 19.3 Å². The molecule has 0 aromatic carbocycles. The number of likely N-dealkylation sites (tertiary alicyclic amines) is 1. The summed E-state index contributed by atoms with van der Waals surface area (Å²) in [5.74, 6) is 1.31. The maximum Gasteiger partial charge on any atom is 0.410 e. The third-order valence-corrected chi connectivity index (χ3v) is 5.41. The third kappa shape index (κ3) is 4.26. The fraction of sp³-hybridized carbons (Fsp3) is 0.455. The van der Waals surface area contributed by atoms with Crippen molar-refractivity contribution in [1.29, 1.82) is 0 Å². The smallest absolute Gasteiger partial charge is 0.410 e. The van der Waals surface area contributed by atoms with Crippen LogP contribution in [0.1, 0.15) is 26.7 Å². The van der Waals surface area contributed by atoms with Crippen molar-refractivity contribution < 1.29 is 14.3 Å². The van der Waals surface area contributed by atoms with Crippen LogP contribution in [0.15, 0.2) is 36.7 Å². The van der Waals surface area contributed by atoms with Crippen LogP contribution in [0.4, 0.5) is 10.6 Å². The molecule has 0 aliphatic carbocycles. The molecule has 0 spiro atoms. The number of ether oxygens (including phenoxy) is 2. The van der Waals surface area contributed by atoms with Crippen molar-refractivity contribution in [1.82, 2.24) is 24.5 Å². The highest BCUT2D eigenvalue weighted by atomic mass is 16.6. The molecule has 4 heterocycles. The van der Waals surface area contributed by atoms with Gasteiger partial charge in [-0.1, -0.05) is 0 Å². The highest BCUT2D eigenvalue weighted by molar-refractivity contribution is 5.69. The average Bonchev–Trinajstić information content (AvgIpc) is 3.39. The van der Waals surface area contributed by atoms with Crippen LogP contribution in [0, 0.1) is 0 Å². The number of aromatic nitrogens is 4. The lowest BCUT2D eigenvalue weighted by Gasteiger charge is -2.29. The largest absolute Gasteiger partial charge is 0.481 e. The topological polar surface area (TPSA) is 85.1 Å². The van der Waals surface area contributed by atoms with E-state index in [2.05, 4.69) is 14.9 Å². The molecule has 1 atom stereocenters. The van der Waals surface area contributed by atoms with Gasteiger partial charge in [0.25, 0.3) is 0 Å². The molecule has 9 heteroatoms. The van der Waals surface area contributed by atoms with E-state index in [1.54, 1.807) is 24.0 Å². The summed E-state index contributed by atoms with van der Waals surface area (Å²) in [4.78, 5) is 25.1. The molecule has 0 N–H and O–H groups in total. The van der Waals surface area contributed by atoms with Crippen LogP contribution in [0.5, 0.6) is 5.88 Å². The van der Waals surface area contributed by atoms with E-state index in [-0.39, 0.29) is 18.2 Å². The van der Waals surface area contributed by atoms with E-state index in [1.165, 1.54) is 0 Å². The standard InChI is InChI=1S/C22H28N6O3/c1-15(2)31-22(29)27-12-6-7-16(27)14-26(3)20-10-9-19-24-13-18(28(19)25-20)17-8-5-11-23-21(17)30-4/h5,8-11,13,15-16H,6-7,12,14H2,1-4H3/t16-/m0/s1. The molecule has 1 amide bonds. The summed E-state index contributed by atoms with van der Waals surface area (Å²) < 4.78 is 12.6. The lowest BCUT2D eigenvalue weighted by Crippen LogP contribution is -2.43. The fourth-order valence-corrected chi connectivity index (χ4v) is 3.94. The molecule has 9 nitrogen and oxygen atoms in total. The van der Waals surface area contributed by atoms with Crippen molar-refractivity contribution in [3.63, 3.8) is 0 Å². The highest BCUT2D eigenvalue weighted by Gasteiger charge is 2.31. The van der Waals surface area contributed by atoms with Crippen LogP contribution < -0.4 is 9.64 Å². The van der Waals surface area contributed by atoms with Crippen LogP contribution in [0.3, 0.4) is 0 Å². The second-order valence-electron chi connectivity index (χ2n) is 7.97. The number of rotatable bonds is 6. The van der Waals surface area contributed by atoms with E-state index in [1.807, 2.05) is 50.1 Å². The molecule has 1 aliphatic rings. The monoisotopic (exact) mass is 424 g/mol. The number of hydrogen-bond acceptors (Lipinski definition) is 7. The van der Waals surface area contributed by atoms with Crippen LogP contribution in [-0.2, 0) is 4.74 Å². The van der Waals surface area contributed by atoms with E-state index in [0.29, 0.717) is 12.4 Å². The second-order valence-corrected chi connectivity index (χ2v) is 7.97. The summed E-state index contributed by atoms with van der Waals surface area (Å²) >= 11 is 0. The first kappa shape index (κ1) is 20.9. The number of methoxy groups -OCH3 is 1. The van der Waals surface area contributed by atoms with E-state index in [4.69, 9.17) is 14.6 Å². The Morgan fingerprint density at radius 3 is 2.90 bits per heavy atom. The number of hydrogen-bond donors (Lipinski definition) is 0. The fourth-order valence-electron chi connectivity index (χ4n) is 3.94. The van der Waals surface area contributed by atoms with Crippen LogP contribution in [-0.4, -0.2) is 70.0 Å². The molecule has 3 aromatic heterocycles. The van der Waals surface area contributed by atoms with Crippen molar-refractivity contribution in [2.75, 3.05) is 32.1 Å². The molecule has 164 valence electrons. The van der Waals surface area contributed by atoms with Crippen molar-refractivity contribution >= 4 is 17.6 Å². The predicted octanol–water partition coefficient (Wildman–Crippen LogP) is 3.25. The number of carbonyl (C=O) groups is 1. The van der Waals surface area contributed by atoms with Crippen LogP contribution >= 0.6 is 0 Å². The number of amides is 1. The van der Waals surface area contributed by atoms with Gasteiger partial charge < -0.3 is 19.3 Å². The van der Waals surface area contributed by atoms with Gasteiger partial charge >= 0.3 is 6.09 Å². The Morgan fingerprint density at radius 1 is 1.29 bits per heavy atom. The number of nitrogens with zero attached hydrogens (tertiary/aromatic N) is 6. The van der Waals surface area contributed by atoms with Gasteiger partial charge in [0, 0.05) is 26.3 Å². The molecule has 1 saturated heterocycles. The first-order valence-corrected chi connectivity index (χ1v) is 10.5. The Hall–Kier alpha value is -3.36. The molecule has 31 heavy (non-hydrogen) atoms. The minimum Gasteiger partial charge on any atom is -0.481 e. The SMILES string of the molecule is COc1ncccc1-c1cnc2ccc(N(C)C[C@@H]3CCCN3C(=O)OC(C)C)nn12. The molecule has 1 aliphatic heterocycles. The zero-order valence-electron chi connectivity index (χ0n) is 18.4. The van der Waals surface area contributed by atoms with E-state index in [9.17, 15) is 4.79 Å². The molecule has 1 fully saturated rings. The van der Waals surface area contributed by atoms with E-state index >= 15 is 0 Å². The minimum atomic E-state index is -0.241. The Morgan fingerprint density at radius 2 is 2.13 bits per heavy atom. The maximum atomic E-state index is 12.4. The molecule has 0 bridgehead atoms. The molecular weight excluding hydrogens is 396 g/mol. The molecule has 4 rings (SSSR count). The number of likely N-dealkylation sites (N-methyl/N-ethyl adjacent to an activating group) is 1. The summed E-state index contributed by atoms with van der Waals surface area (Å²) in [6.45, 7) is 5.14. The van der Waals surface area contributed by atoms with Gasteiger partial charge in [0.15, 0.2) is 5.65 Å². The van der Waals surface area contributed by atoms with Crippen molar-refractivity contribution in [2.45, 2.75) is 38.8 Å². The van der Waals surface area contributed by atoms with Crippen molar-refractivity contribution in [3.8, 4) is 17.1 Å². The first-order chi connectivity index (χ1) is 15.0. The second kappa shape index (κ2) is 8.79. The van der Waals surface area contributed by atoms with Gasteiger partial charge in [0.1, 0.15) is 5.82 Å². The van der Waals surface area contributed by atoms with E-state index in [0.717, 1.165) is 42.1 Å². The quantitative estimate of drug-likeness (QED) is 0.600. The van der Waals surface area contributed by atoms with Crippen molar-refractivity contribution in [3.05, 3.63) is 36.7 Å². The summed E-state index contributed by atoms with van der Waals surface area (Å²) in [7, 11) is 3.58. The maximum absolute atomic E-state index is 12.4. The van der Waals surface area contributed by atoms with Crippen molar-refractivity contribution in [2.24, 2.45) is 0 Å². The summed E-state index contributed by atoms with van der Waals surface area (Å²) in [5.41, 5.74) is 2.36. The van der Waals surface area contributed by atoms with Gasteiger partial charge in [-0.2, -0.15) is 0 Å². The van der Waals surface area contributed by atoms with Gasteiger partial charge in [-0.15, -0.1) is 5.10 Å². The number of fused-ring (bicyclic) bond motifs is 1. The Balaban J connectivity index is 1.58. The minimum absolute atomic E-state index is 0.0921. The highest BCUT2D eigenvalue weighted by Crippen LogP contribution is 2.28. The Kier molecular flexibility index (Phi) is 5.92. The zero-order valence-corrected chi connectivity index (χ0v) is 18.4. The number of carbonyl (C=O) groups excluding carboxylic acids is 1. The Labute approximate surface area is 181 Å². The Bertz CT molecular complexity index is 1070. The van der Waals surface area contributed by atoms with Crippen LogP contribution in [0.2, 0.25) is 0 Å². The lowest BCUT2D eigenvalue weighted by molar-refractivity contribution is 0.0740. The molecule has 0 unspecified atom stereocenters. The zero-order chi connectivity index (χ0) is 22.0. The predicted molar refractivity (Wildman–Crippen MR) is 117 cm³/mol. The molecule has 0 radical (unpaired) electrons. The average molecular weight is 425 g/mol. The number of anilines is 1. The first-order valence-electron chi connectivity index (χ1n) is 10.5. The number of pyridine rings is 1. The van der Waals surface area contributed by atoms with Gasteiger partial charge in [0.2, 0.25) is 5.88 Å². The summed E-state index contributed by atoms with van der Waals surface area (Å²) in [6.07, 6.45) is 5.02. The summed E-state index contributed by atoms with van der Waals surface area (Å²) in [5, 5.41) is 4.81.